The molecule has 0 amide bonds. The third kappa shape index (κ3) is 8.14. The molecule has 0 aromatic heterocycles. The first-order valence-corrected chi connectivity index (χ1v) is 11.5. The van der Waals surface area contributed by atoms with Crippen molar-refractivity contribution in [1.82, 2.24) is 15.5 Å². The number of hydrogen-bond acceptors (Lipinski definition) is 5. The summed E-state index contributed by atoms with van der Waals surface area (Å²) < 4.78 is 5.51. The zero-order valence-corrected chi connectivity index (χ0v) is 21.7. The number of hydrogen-bond donors (Lipinski definition) is 3. The highest BCUT2D eigenvalue weighted by atomic mass is 127. The molecule has 0 aliphatic carbocycles. The number of ether oxygens (including phenoxy) is 1. The van der Waals surface area contributed by atoms with Crippen LogP contribution >= 0.6 is 35.6 Å². The van der Waals surface area contributed by atoms with Gasteiger partial charge in [0.15, 0.2) is 5.96 Å². The van der Waals surface area contributed by atoms with Gasteiger partial charge in [0.05, 0.1) is 18.9 Å². The Bertz CT molecular complexity index is 700. The number of methoxy groups -OCH3 is 1. The highest BCUT2D eigenvalue weighted by Gasteiger charge is 2.25. The van der Waals surface area contributed by atoms with Crippen molar-refractivity contribution >= 4 is 47.2 Å². The zero-order valence-electron chi connectivity index (χ0n) is 18.6. The molecular weight excluding hydrogens is 529 g/mol. The number of benzene rings is 1. The quantitative estimate of drug-likeness (QED) is 0.195. The van der Waals surface area contributed by atoms with Crippen LogP contribution in [0.2, 0.25) is 5.02 Å². The van der Waals surface area contributed by atoms with Crippen molar-refractivity contribution in [2.45, 2.75) is 44.8 Å². The average Bonchev–Trinajstić information content (AvgIpc) is 3.21. The Hall–Kier alpha value is -0.970. The second-order valence-electron chi connectivity index (χ2n) is 8.08. The molecule has 2 aliphatic rings. The summed E-state index contributed by atoms with van der Waals surface area (Å²) in [5.74, 6) is 1.74. The largest absolute Gasteiger partial charge is 0.495 e. The van der Waals surface area contributed by atoms with Gasteiger partial charge in [-0.15, -0.1) is 24.0 Å². The Balaban J connectivity index is 0.00000341. The summed E-state index contributed by atoms with van der Waals surface area (Å²) in [7, 11) is 1.69. The van der Waals surface area contributed by atoms with Crippen LogP contribution in [0.3, 0.4) is 0 Å². The topological polar surface area (TPSA) is 72.4 Å². The molecule has 3 rings (SSSR count). The number of anilines is 1. The zero-order chi connectivity index (χ0) is 21.3. The second-order valence-corrected chi connectivity index (χ2v) is 8.52. The van der Waals surface area contributed by atoms with E-state index in [1.165, 1.54) is 0 Å². The van der Waals surface area contributed by atoms with E-state index in [1.807, 2.05) is 18.2 Å². The average molecular weight is 566 g/mol. The smallest absolute Gasteiger partial charge is 0.191 e. The molecule has 3 N–H and O–H groups in total. The molecule has 1 aromatic rings. The van der Waals surface area contributed by atoms with Gasteiger partial charge in [-0.25, -0.2) is 0 Å². The van der Waals surface area contributed by atoms with E-state index < -0.39 is 0 Å². The minimum Gasteiger partial charge on any atom is -0.495 e. The lowest BCUT2D eigenvalue weighted by molar-refractivity contribution is 0.0824. The first-order chi connectivity index (χ1) is 14.6. The fourth-order valence-corrected chi connectivity index (χ4v) is 4.31. The van der Waals surface area contributed by atoms with Gasteiger partial charge in [-0.1, -0.05) is 11.6 Å². The third-order valence-electron chi connectivity index (χ3n) is 5.81. The van der Waals surface area contributed by atoms with Crippen molar-refractivity contribution in [3.63, 3.8) is 0 Å². The van der Waals surface area contributed by atoms with Gasteiger partial charge in [-0.2, -0.15) is 0 Å². The van der Waals surface area contributed by atoms with Gasteiger partial charge >= 0.3 is 0 Å². The van der Waals surface area contributed by atoms with Crippen LogP contribution in [-0.2, 0) is 0 Å². The number of nitrogens with zero attached hydrogens (tertiary/aromatic N) is 3. The highest BCUT2D eigenvalue weighted by molar-refractivity contribution is 14.0. The maximum absolute atomic E-state index is 9.62. The molecule has 7 nitrogen and oxygen atoms in total. The second kappa shape index (κ2) is 13.5. The molecule has 0 bridgehead atoms. The minimum absolute atomic E-state index is 0. The standard InChI is InChI=1S/C22H36ClN5O2.HI/c1-3-24-22(25-10-4-11-27-12-8-19(29)9-13-27)26-18-7-14-28(16-18)20-15-17(23)5-6-21(20)30-2;/h5-6,15,18-19,29H,3-4,7-14,16H2,1-2H3,(H2,24,25,26);1H. The van der Waals surface area contributed by atoms with Crippen molar-refractivity contribution in [3.8, 4) is 5.75 Å². The van der Waals surface area contributed by atoms with Crippen LogP contribution in [-0.4, -0.2) is 81.0 Å². The summed E-state index contributed by atoms with van der Waals surface area (Å²) in [6.45, 7) is 8.60. The molecule has 2 fully saturated rings. The maximum atomic E-state index is 9.62. The lowest BCUT2D eigenvalue weighted by atomic mass is 10.1. The molecule has 9 heteroatoms. The van der Waals surface area contributed by atoms with Crippen LogP contribution in [0, 0.1) is 0 Å². The van der Waals surface area contributed by atoms with E-state index in [0.717, 1.165) is 93.9 Å². The van der Waals surface area contributed by atoms with E-state index in [1.54, 1.807) is 7.11 Å². The Kier molecular flexibility index (Phi) is 11.5. The van der Waals surface area contributed by atoms with Gasteiger partial charge in [0.25, 0.3) is 0 Å². The van der Waals surface area contributed by atoms with Gasteiger partial charge in [-0.05, 0) is 57.4 Å². The Morgan fingerprint density at radius 1 is 1.26 bits per heavy atom. The van der Waals surface area contributed by atoms with Gasteiger partial charge in [0.1, 0.15) is 5.75 Å². The van der Waals surface area contributed by atoms with Gasteiger partial charge in [0.2, 0.25) is 0 Å². The van der Waals surface area contributed by atoms with Crippen molar-refractivity contribution in [2.24, 2.45) is 4.99 Å². The molecular formula is C22H37ClIN5O2. The van der Waals surface area contributed by atoms with E-state index in [0.29, 0.717) is 6.04 Å². The molecule has 1 atom stereocenters. The van der Waals surface area contributed by atoms with Gasteiger partial charge in [-0.3, -0.25) is 4.99 Å². The van der Waals surface area contributed by atoms with E-state index in [-0.39, 0.29) is 30.1 Å². The highest BCUT2D eigenvalue weighted by Crippen LogP contribution is 2.33. The molecule has 176 valence electrons. The van der Waals surface area contributed by atoms with Crippen molar-refractivity contribution in [3.05, 3.63) is 23.2 Å². The Morgan fingerprint density at radius 2 is 2.03 bits per heavy atom. The number of aliphatic hydroxyl groups excluding tert-OH is 1. The Labute approximate surface area is 208 Å². The lowest BCUT2D eigenvalue weighted by Gasteiger charge is -2.29. The maximum Gasteiger partial charge on any atom is 0.191 e. The minimum atomic E-state index is -0.110. The van der Waals surface area contributed by atoms with Gasteiger partial charge < -0.3 is 30.3 Å². The summed E-state index contributed by atoms with van der Waals surface area (Å²) >= 11 is 6.21. The number of aliphatic imine (C=N–C) groups is 1. The number of halogens is 2. The van der Waals surface area contributed by atoms with Crippen molar-refractivity contribution in [1.29, 1.82) is 0 Å². The summed E-state index contributed by atoms with van der Waals surface area (Å²) in [6, 6.07) is 6.09. The number of likely N-dealkylation sites (tertiary alicyclic amines) is 1. The van der Waals surface area contributed by atoms with Crippen LogP contribution in [0.1, 0.15) is 32.6 Å². The number of piperidine rings is 1. The number of rotatable bonds is 8. The Morgan fingerprint density at radius 3 is 2.74 bits per heavy atom. The fraction of sp³-hybridized carbons (Fsp3) is 0.682. The predicted molar refractivity (Wildman–Crippen MR) is 139 cm³/mol. The molecule has 2 heterocycles. The van der Waals surface area contributed by atoms with Gasteiger partial charge in [0, 0.05) is 50.3 Å². The predicted octanol–water partition coefficient (Wildman–Crippen LogP) is 2.95. The fourth-order valence-electron chi connectivity index (χ4n) is 4.15. The normalized spacial score (nSPS) is 20.5. The van der Waals surface area contributed by atoms with Crippen LogP contribution < -0.4 is 20.3 Å². The molecule has 0 saturated carbocycles. The molecule has 0 radical (unpaired) electrons. The third-order valence-corrected chi connectivity index (χ3v) is 6.05. The van der Waals surface area contributed by atoms with Crippen LogP contribution in [0.5, 0.6) is 5.75 Å². The number of guanidine groups is 1. The molecule has 1 unspecified atom stereocenters. The first-order valence-electron chi connectivity index (χ1n) is 11.1. The SMILES string of the molecule is CCNC(=NCCCN1CCC(O)CC1)NC1CCN(c2cc(Cl)ccc2OC)C1.I. The monoisotopic (exact) mass is 565 g/mol. The molecule has 1 aromatic carbocycles. The van der Waals surface area contributed by atoms with Crippen LogP contribution in [0.4, 0.5) is 5.69 Å². The number of aliphatic hydroxyl groups is 1. The summed E-state index contributed by atoms with van der Waals surface area (Å²) in [6.07, 6.45) is 3.74. The first kappa shape index (κ1) is 26.3. The number of nitrogens with one attached hydrogen (secondary N) is 2. The molecule has 31 heavy (non-hydrogen) atoms. The van der Waals surface area contributed by atoms with E-state index >= 15 is 0 Å². The van der Waals surface area contributed by atoms with E-state index in [2.05, 4.69) is 27.4 Å². The summed E-state index contributed by atoms with van der Waals surface area (Å²) in [4.78, 5) is 9.52. The van der Waals surface area contributed by atoms with E-state index in [9.17, 15) is 5.11 Å². The molecule has 2 saturated heterocycles. The lowest BCUT2D eigenvalue weighted by Crippen LogP contribution is -2.44. The van der Waals surface area contributed by atoms with E-state index in [4.69, 9.17) is 21.3 Å². The van der Waals surface area contributed by atoms with Crippen molar-refractivity contribution in [2.75, 3.05) is 57.8 Å². The molecule has 2 aliphatic heterocycles. The van der Waals surface area contributed by atoms with Crippen LogP contribution in [0.25, 0.3) is 0 Å². The summed E-state index contributed by atoms with van der Waals surface area (Å²) in [5.41, 5.74) is 1.04. The van der Waals surface area contributed by atoms with Crippen LogP contribution in [0.15, 0.2) is 23.2 Å². The summed E-state index contributed by atoms with van der Waals surface area (Å²) in [5, 5.41) is 17.3. The molecule has 0 spiro atoms. The van der Waals surface area contributed by atoms with Crippen molar-refractivity contribution < 1.29 is 9.84 Å².